The average Bonchev–Trinajstić information content (AvgIpc) is 3.03. The van der Waals surface area contributed by atoms with E-state index >= 15 is 0 Å². The molecule has 0 N–H and O–H groups in total. The molecular weight excluding hydrogens is 370 g/mol. The highest BCUT2D eigenvalue weighted by Gasteiger charge is 2.41. The van der Waals surface area contributed by atoms with Gasteiger partial charge in [-0.05, 0) is 30.5 Å². The molecule has 1 aromatic carbocycles. The molecule has 8 heteroatoms. The Morgan fingerprint density at radius 3 is 2.25 bits per heavy atom. The lowest BCUT2D eigenvalue weighted by Gasteiger charge is -2.42. The van der Waals surface area contributed by atoms with Crippen molar-refractivity contribution in [1.82, 2.24) is 4.31 Å². The highest BCUT2D eigenvalue weighted by atomic mass is 35.5. The van der Waals surface area contributed by atoms with Crippen molar-refractivity contribution in [3.63, 3.8) is 0 Å². The van der Waals surface area contributed by atoms with Gasteiger partial charge in [0.15, 0.2) is 0 Å². The summed E-state index contributed by atoms with van der Waals surface area (Å²) in [7, 11) is -3.65. The number of aliphatic carboxylic acids is 1. The van der Waals surface area contributed by atoms with Gasteiger partial charge < -0.3 is 9.90 Å². The van der Waals surface area contributed by atoms with Crippen molar-refractivity contribution in [2.75, 3.05) is 13.1 Å². The molecule has 1 aliphatic heterocycles. The fourth-order valence-corrected chi connectivity index (χ4v) is 6.12. The normalized spacial score (nSPS) is 18.4. The molecule has 0 amide bonds. The van der Waals surface area contributed by atoms with E-state index in [-0.39, 0.29) is 30.1 Å². The molecule has 2 heterocycles. The van der Waals surface area contributed by atoms with Crippen LogP contribution in [0.2, 0.25) is 4.34 Å². The summed E-state index contributed by atoms with van der Waals surface area (Å²) in [6.45, 7) is 0.251. The fourth-order valence-electron chi connectivity index (χ4n) is 3.04. The number of hydrogen-bond acceptors (Lipinski definition) is 5. The van der Waals surface area contributed by atoms with E-state index in [4.69, 9.17) is 11.6 Å². The van der Waals surface area contributed by atoms with E-state index in [1.165, 1.54) is 10.4 Å². The van der Waals surface area contributed by atoms with Gasteiger partial charge in [-0.15, -0.1) is 11.3 Å². The number of rotatable bonds is 4. The molecule has 0 aliphatic carbocycles. The van der Waals surface area contributed by atoms with E-state index in [1.54, 1.807) is 30.3 Å². The first-order valence-corrected chi connectivity index (χ1v) is 10.0. The van der Waals surface area contributed by atoms with Crippen LogP contribution in [0.15, 0.2) is 46.7 Å². The largest absolute Gasteiger partial charge is 0.549 e. The Morgan fingerprint density at radius 1 is 1.12 bits per heavy atom. The summed E-state index contributed by atoms with van der Waals surface area (Å²) in [6, 6.07) is 11.9. The molecule has 0 saturated carbocycles. The molecule has 0 bridgehead atoms. The minimum atomic E-state index is -3.65. The predicted octanol–water partition coefficient (Wildman–Crippen LogP) is 1.87. The van der Waals surface area contributed by atoms with E-state index in [2.05, 4.69) is 0 Å². The van der Waals surface area contributed by atoms with Crippen LogP contribution in [0.3, 0.4) is 0 Å². The van der Waals surface area contributed by atoms with Crippen LogP contribution < -0.4 is 5.11 Å². The number of thiophene rings is 1. The van der Waals surface area contributed by atoms with Gasteiger partial charge in [0.1, 0.15) is 4.21 Å². The minimum absolute atomic E-state index is 0.126. The molecular formula is C16H15ClNO4S2-. The van der Waals surface area contributed by atoms with Crippen LogP contribution >= 0.6 is 22.9 Å². The van der Waals surface area contributed by atoms with Crippen LogP contribution in [0.4, 0.5) is 0 Å². The van der Waals surface area contributed by atoms with Crippen LogP contribution in [0.5, 0.6) is 0 Å². The lowest BCUT2D eigenvalue weighted by molar-refractivity contribution is -0.315. The zero-order valence-electron chi connectivity index (χ0n) is 12.6. The second kappa shape index (κ2) is 6.48. The molecule has 24 heavy (non-hydrogen) atoms. The fraction of sp³-hybridized carbons (Fsp3) is 0.312. The van der Waals surface area contributed by atoms with E-state index in [0.717, 1.165) is 11.3 Å². The number of carboxylic acids is 1. The van der Waals surface area contributed by atoms with Gasteiger partial charge >= 0.3 is 0 Å². The molecule has 1 fully saturated rings. The number of halogens is 1. The Bertz CT molecular complexity index is 840. The molecule has 3 rings (SSSR count). The van der Waals surface area contributed by atoms with Gasteiger partial charge in [-0.1, -0.05) is 41.9 Å². The first-order chi connectivity index (χ1) is 11.4. The third kappa shape index (κ3) is 2.97. The maximum Gasteiger partial charge on any atom is 0.252 e. The number of benzene rings is 1. The monoisotopic (exact) mass is 384 g/mol. The number of carboxylic acid groups (broad SMARTS) is 1. The molecule has 1 saturated heterocycles. The van der Waals surface area contributed by atoms with Crippen LogP contribution in [-0.2, 0) is 20.2 Å². The van der Waals surface area contributed by atoms with Gasteiger partial charge in [0.05, 0.1) is 10.3 Å². The number of carbonyl (C=O) groups excluding carboxylic acids is 1. The van der Waals surface area contributed by atoms with Crippen molar-refractivity contribution in [2.45, 2.75) is 22.5 Å². The van der Waals surface area contributed by atoms with Gasteiger partial charge in [-0.25, -0.2) is 8.42 Å². The average molecular weight is 385 g/mol. The van der Waals surface area contributed by atoms with E-state index in [9.17, 15) is 18.3 Å². The highest BCUT2D eigenvalue weighted by molar-refractivity contribution is 7.91. The summed E-state index contributed by atoms with van der Waals surface area (Å²) in [6.07, 6.45) is 0.357. The Hall–Kier alpha value is -1.41. The summed E-state index contributed by atoms with van der Waals surface area (Å²) >= 11 is 6.82. The van der Waals surface area contributed by atoms with Crippen molar-refractivity contribution in [1.29, 1.82) is 0 Å². The Kier molecular flexibility index (Phi) is 4.70. The van der Waals surface area contributed by atoms with Gasteiger partial charge in [0.25, 0.3) is 10.0 Å². The lowest BCUT2D eigenvalue weighted by Crippen LogP contribution is -2.53. The van der Waals surface area contributed by atoms with Crippen molar-refractivity contribution in [2.24, 2.45) is 0 Å². The van der Waals surface area contributed by atoms with Gasteiger partial charge in [-0.3, -0.25) is 0 Å². The van der Waals surface area contributed by atoms with Crippen molar-refractivity contribution in [3.8, 4) is 0 Å². The van der Waals surface area contributed by atoms with Crippen LogP contribution in [0.25, 0.3) is 0 Å². The molecule has 2 aromatic rings. The Morgan fingerprint density at radius 2 is 1.75 bits per heavy atom. The van der Waals surface area contributed by atoms with Crippen molar-refractivity contribution in [3.05, 3.63) is 52.4 Å². The van der Waals surface area contributed by atoms with Gasteiger partial charge in [0, 0.05) is 18.5 Å². The second-order valence-electron chi connectivity index (χ2n) is 5.70. The zero-order valence-corrected chi connectivity index (χ0v) is 15.0. The molecule has 128 valence electrons. The van der Waals surface area contributed by atoms with Gasteiger partial charge in [0.2, 0.25) is 0 Å². The molecule has 0 radical (unpaired) electrons. The third-order valence-corrected chi connectivity index (χ3v) is 8.03. The quantitative estimate of drug-likeness (QED) is 0.806. The van der Waals surface area contributed by atoms with Crippen LogP contribution in [-0.4, -0.2) is 31.8 Å². The molecule has 0 spiro atoms. The molecule has 0 atom stereocenters. The topological polar surface area (TPSA) is 77.5 Å². The maximum absolute atomic E-state index is 12.6. The SMILES string of the molecule is O=C([O-])C1(c2ccccc2)CCN(S(=O)(=O)c2ccc(Cl)s2)CC1. The van der Waals surface area contributed by atoms with Crippen molar-refractivity contribution >= 4 is 38.9 Å². The molecule has 1 aliphatic rings. The maximum atomic E-state index is 12.6. The summed E-state index contributed by atoms with van der Waals surface area (Å²) in [5, 5.41) is 11.8. The van der Waals surface area contributed by atoms with E-state index < -0.39 is 21.4 Å². The second-order valence-corrected chi connectivity index (χ2v) is 9.58. The number of piperidine rings is 1. The number of carbonyl (C=O) groups is 1. The number of hydrogen-bond donors (Lipinski definition) is 0. The summed E-state index contributed by atoms with van der Waals surface area (Å²) in [5.41, 5.74) is -0.499. The molecule has 5 nitrogen and oxygen atoms in total. The van der Waals surface area contributed by atoms with E-state index in [0.29, 0.717) is 9.90 Å². The number of nitrogens with zero attached hydrogens (tertiary/aromatic N) is 1. The highest BCUT2D eigenvalue weighted by Crippen LogP contribution is 2.37. The third-order valence-electron chi connectivity index (χ3n) is 4.44. The van der Waals surface area contributed by atoms with Crippen LogP contribution in [0, 0.1) is 0 Å². The minimum Gasteiger partial charge on any atom is -0.549 e. The van der Waals surface area contributed by atoms with Gasteiger partial charge in [-0.2, -0.15) is 4.31 Å². The summed E-state index contributed by atoms with van der Waals surface area (Å²) in [5.74, 6) is -1.16. The Labute approximate surface area is 149 Å². The van der Waals surface area contributed by atoms with Crippen LogP contribution in [0.1, 0.15) is 18.4 Å². The lowest BCUT2D eigenvalue weighted by atomic mass is 9.73. The molecule has 1 aromatic heterocycles. The standard InChI is InChI=1S/C16H16ClNO4S2/c17-13-6-7-14(23-13)24(21,22)18-10-8-16(9-11-18,15(19)20)12-4-2-1-3-5-12/h1-7H,8-11H2,(H,19,20)/p-1. The first kappa shape index (κ1) is 17.4. The van der Waals surface area contributed by atoms with E-state index in [1.807, 2.05) is 6.07 Å². The zero-order chi connectivity index (χ0) is 17.4. The summed E-state index contributed by atoms with van der Waals surface area (Å²) in [4.78, 5) is 11.8. The molecule has 0 unspecified atom stereocenters. The predicted molar refractivity (Wildman–Crippen MR) is 90.4 cm³/mol. The van der Waals surface area contributed by atoms with Crippen molar-refractivity contribution < 1.29 is 18.3 Å². The first-order valence-electron chi connectivity index (χ1n) is 7.39. The smallest absolute Gasteiger partial charge is 0.252 e. The Balaban J connectivity index is 1.85. The number of sulfonamides is 1. The summed E-state index contributed by atoms with van der Waals surface area (Å²) < 4.78 is 27.2.